The summed E-state index contributed by atoms with van der Waals surface area (Å²) < 4.78 is 5.25. The predicted octanol–water partition coefficient (Wildman–Crippen LogP) is 3.19. The smallest absolute Gasteiger partial charge is 0.265 e. The molecule has 1 amide bonds. The van der Waals surface area contributed by atoms with Crippen molar-refractivity contribution < 1.29 is 14.4 Å². The molecule has 4 rings (SSSR count). The minimum atomic E-state index is -0.545. The van der Waals surface area contributed by atoms with Crippen LogP contribution in [0.15, 0.2) is 59.8 Å². The molecule has 1 fully saturated rings. The van der Waals surface area contributed by atoms with Crippen LogP contribution >= 0.6 is 0 Å². The maximum absolute atomic E-state index is 12.6. The summed E-state index contributed by atoms with van der Waals surface area (Å²) >= 11 is 0. The molecule has 0 spiro atoms. The number of benzene rings is 2. The van der Waals surface area contributed by atoms with E-state index in [1.165, 1.54) is 0 Å². The first-order valence-corrected chi connectivity index (χ1v) is 8.91. The van der Waals surface area contributed by atoms with Crippen molar-refractivity contribution in [1.82, 2.24) is 5.32 Å². The zero-order valence-electron chi connectivity index (χ0n) is 14.8. The largest absolute Gasteiger partial charge is 0.497 e. The molecule has 0 aromatic heterocycles. The lowest BCUT2D eigenvalue weighted by molar-refractivity contribution is -0.132. The highest BCUT2D eigenvalue weighted by molar-refractivity contribution is 5.94. The molecule has 134 valence electrons. The number of nitrogens with zero attached hydrogens (tertiary/aromatic N) is 1. The third-order valence-electron chi connectivity index (χ3n) is 5.00. The second-order valence-electron chi connectivity index (χ2n) is 6.92. The first-order chi connectivity index (χ1) is 12.7. The number of hydrogen-bond donors (Lipinski definition) is 1. The van der Waals surface area contributed by atoms with Crippen molar-refractivity contribution in [1.29, 1.82) is 0 Å². The van der Waals surface area contributed by atoms with Gasteiger partial charge < -0.3 is 14.9 Å². The Morgan fingerprint density at radius 2 is 2.04 bits per heavy atom. The first kappa shape index (κ1) is 16.6. The number of methoxy groups -OCH3 is 1. The van der Waals surface area contributed by atoms with Gasteiger partial charge in [0.15, 0.2) is 0 Å². The summed E-state index contributed by atoms with van der Waals surface area (Å²) in [6, 6.07) is 18.0. The van der Waals surface area contributed by atoms with Crippen LogP contribution in [0.25, 0.3) is 0 Å². The Hall–Kier alpha value is -2.82. The highest BCUT2D eigenvalue weighted by Crippen LogP contribution is 2.45. The summed E-state index contributed by atoms with van der Waals surface area (Å²) in [5, 5.41) is 7.30. The highest BCUT2D eigenvalue weighted by atomic mass is 16.6. The summed E-state index contributed by atoms with van der Waals surface area (Å²) in [7, 11) is 1.65. The van der Waals surface area contributed by atoms with Crippen molar-refractivity contribution >= 4 is 11.6 Å². The molecule has 0 saturated heterocycles. The lowest BCUT2D eigenvalue weighted by Crippen LogP contribution is -2.41. The van der Waals surface area contributed by atoms with Crippen LogP contribution in [-0.4, -0.2) is 24.8 Å². The molecular weight excluding hydrogens is 328 g/mol. The van der Waals surface area contributed by atoms with Gasteiger partial charge in [0.25, 0.3) is 5.91 Å². The van der Waals surface area contributed by atoms with Gasteiger partial charge in [0, 0.05) is 12.8 Å². The van der Waals surface area contributed by atoms with Crippen molar-refractivity contribution in [2.24, 2.45) is 5.16 Å². The molecule has 26 heavy (non-hydrogen) atoms. The van der Waals surface area contributed by atoms with Gasteiger partial charge >= 0.3 is 0 Å². The molecular formula is C21H22N2O3. The zero-order chi connectivity index (χ0) is 18.0. The Balaban J connectivity index is 1.35. The Morgan fingerprint density at radius 1 is 1.23 bits per heavy atom. The Kier molecular flexibility index (Phi) is 4.37. The molecule has 2 aliphatic rings. The van der Waals surface area contributed by atoms with Crippen molar-refractivity contribution in [2.45, 2.75) is 37.3 Å². The van der Waals surface area contributed by atoms with Crippen LogP contribution < -0.4 is 10.1 Å². The maximum atomic E-state index is 12.6. The van der Waals surface area contributed by atoms with Gasteiger partial charge in [0.05, 0.1) is 18.4 Å². The quantitative estimate of drug-likeness (QED) is 0.870. The van der Waals surface area contributed by atoms with E-state index in [4.69, 9.17) is 9.57 Å². The van der Waals surface area contributed by atoms with Crippen molar-refractivity contribution in [3.63, 3.8) is 0 Å². The van der Waals surface area contributed by atoms with E-state index < -0.39 is 6.10 Å². The lowest BCUT2D eigenvalue weighted by atomic mass is 10.0. The monoisotopic (exact) mass is 350 g/mol. The minimum Gasteiger partial charge on any atom is -0.497 e. The summed E-state index contributed by atoms with van der Waals surface area (Å²) in [4.78, 5) is 18.1. The van der Waals surface area contributed by atoms with Crippen molar-refractivity contribution in [3.05, 3.63) is 65.7 Å². The van der Waals surface area contributed by atoms with Crippen molar-refractivity contribution in [3.8, 4) is 5.75 Å². The van der Waals surface area contributed by atoms with Crippen LogP contribution in [0.3, 0.4) is 0 Å². The van der Waals surface area contributed by atoms with Crippen LogP contribution in [0.2, 0.25) is 0 Å². The molecule has 2 aromatic carbocycles. The molecule has 0 radical (unpaired) electrons. The number of nitrogens with one attached hydrogen (secondary N) is 1. The summed E-state index contributed by atoms with van der Waals surface area (Å²) in [5.74, 6) is 0.727. The molecule has 5 heteroatoms. The Morgan fingerprint density at radius 3 is 2.77 bits per heavy atom. The van der Waals surface area contributed by atoms with Crippen LogP contribution in [0.5, 0.6) is 5.75 Å². The molecule has 1 aliphatic heterocycles. The van der Waals surface area contributed by atoms with E-state index in [1.54, 1.807) is 7.11 Å². The Bertz CT molecular complexity index is 828. The second-order valence-corrected chi connectivity index (χ2v) is 6.92. The fourth-order valence-electron chi connectivity index (χ4n) is 3.37. The van der Waals surface area contributed by atoms with Gasteiger partial charge in [-0.3, -0.25) is 4.79 Å². The average molecular weight is 350 g/mol. The zero-order valence-corrected chi connectivity index (χ0v) is 14.8. The summed E-state index contributed by atoms with van der Waals surface area (Å²) in [6.07, 6.45) is 2.57. The van der Waals surface area contributed by atoms with Gasteiger partial charge in [-0.05, 0) is 36.1 Å². The maximum Gasteiger partial charge on any atom is 0.265 e. The van der Waals surface area contributed by atoms with E-state index in [2.05, 4.69) is 22.6 Å². The third-order valence-corrected chi connectivity index (χ3v) is 5.00. The molecule has 2 aromatic rings. The second kappa shape index (κ2) is 6.83. The highest BCUT2D eigenvalue weighted by Gasteiger charge is 2.47. The lowest BCUT2D eigenvalue weighted by Gasteiger charge is -2.19. The van der Waals surface area contributed by atoms with Crippen molar-refractivity contribution in [2.75, 3.05) is 7.11 Å². The van der Waals surface area contributed by atoms with E-state index in [0.29, 0.717) is 12.8 Å². The number of oxime groups is 1. The first-order valence-electron chi connectivity index (χ1n) is 8.91. The van der Waals surface area contributed by atoms with E-state index in [0.717, 1.165) is 35.4 Å². The minimum absolute atomic E-state index is 0.0873. The number of hydrogen-bond acceptors (Lipinski definition) is 4. The van der Waals surface area contributed by atoms with E-state index in [-0.39, 0.29) is 11.4 Å². The van der Waals surface area contributed by atoms with Gasteiger partial charge in [-0.2, -0.15) is 0 Å². The standard InChI is InChI=1S/C21H22N2O3/c1-25-18-9-5-6-15(13-18)12-17-14-19(26-23-17)20(24)22-21(10-11-21)16-7-3-2-4-8-16/h2-9,13,19H,10-12,14H2,1H3,(H,22,24). The Labute approximate surface area is 153 Å². The number of ether oxygens (including phenoxy) is 1. The SMILES string of the molecule is COc1cccc(CC2=NOC(C(=O)NC3(c4ccccc4)CC3)C2)c1. The van der Waals surface area contributed by atoms with Gasteiger partial charge in [-0.1, -0.05) is 47.6 Å². The van der Waals surface area contributed by atoms with Crippen LogP contribution in [0.1, 0.15) is 30.4 Å². The fourth-order valence-corrected chi connectivity index (χ4v) is 3.37. The van der Waals surface area contributed by atoms with Gasteiger partial charge in [0.2, 0.25) is 6.10 Å². The van der Waals surface area contributed by atoms with Crippen LogP contribution in [0.4, 0.5) is 0 Å². The molecule has 1 N–H and O–H groups in total. The van der Waals surface area contributed by atoms with Crippen LogP contribution in [-0.2, 0) is 21.6 Å². The fraction of sp³-hybridized carbons (Fsp3) is 0.333. The molecule has 1 atom stereocenters. The normalized spacial score (nSPS) is 20.0. The number of amides is 1. The molecule has 0 bridgehead atoms. The van der Waals surface area contributed by atoms with Gasteiger partial charge in [-0.15, -0.1) is 0 Å². The average Bonchev–Trinajstić information content (AvgIpc) is 3.31. The number of rotatable bonds is 6. The third kappa shape index (κ3) is 3.43. The molecule has 1 unspecified atom stereocenters. The molecule has 1 heterocycles. The van der Waals surface area contributed by atoms with E-state index in [1.807, 2.05) is 42.5 Å². The number of carbonyl (C=O) groups is 1. The topological polar surface area (TPSA) is 59.9 Å². The van der Waals surface area contributed by atoms with Crippen LogP contribution in [0, 0.1) is 0 Å². The van der Waals surface area contributed by atoms with Gasteiger partial charge in [-0.25, -0.2) is 0 Å². The molecule has 1 saturated carbocycles. The van der Waals surface area contributed by atoms with E-state index in [9.17, 15) is 4.79 Å². The predicted molar refractivity (Wildman–Crippen MR) is 99.1 cm³/mol. The molecule has 1 aliphatic carbocycles. The molecule has 5 nitrogen and oxygen atoms in total. The van der Waals surface area contributed by atoms with Gasteiger partial charge in [0.1, 0.15) is 5.75 Å². The summed E-state index contributed by atoms with van der Waals surface area (Å²) in [6.45, 7) is 0. The summed E-state index contributed by atoms with van der Waals surface area (Å²) in [5.41, 5.74) is 2.90. The number of carbonyl (C=O) groups excluding carboxylic acids is 1. The van der Waals surface area contributed by atoms with E-state index >= 15 is 0 Å².